The van der Waals surface area contributed by atoms with Crippen molar-refractivity contribution in [1.29, 1.82) is 0 Å². The van der Waals surface area contributed by atoms with Crippen LogP contribution in [0.2, 0.25) is 0 Å². The van der Waals surface area contributed by atoms with Gasteiger partial charge in [0.05, 0.1) is 13.2 Å². The molecule has 0 bridgehead atoms. The van der Waals surface area contributed by atoms with Gasteiger partial charge in [0.15, 0.2) is 6.10 Å². The van der Waals surface area contributed by atoms with E-state index in [1.165, 1.54) is 14.0 Å². The van der Waals surface area contributed by atoms with Crippen molar-refractivity contribution in [2.45, 2.75) is 51.1 Å². The van der Waals surface area contributed by atoms with E-state index in [2.05, 4.69) is 10.1 Å². The van der Waals surface area contributed by atoms with Crippen molar-refractivity contribution < 1.29 is 38.7 Å². The third-order valence-corrected chi connectivity index (χ3v) is 3.88. The monoisotopic (exact) mass is 369 g/mol. The molecule has 144 valence electrons. The number of rotatable bonds is 5. The molecule has 0 saturated carbocycles. The van der Waals surface area contributed by atoms with Crippen molar-refractivity contribution in [3.8, 4) is 5.75 Å². The number of hydrogen-bond donors (Lipinski definition) is 3. The highest BCUT2D eigenvalue weighted by Gasteiger charge is 2.45. The summed E-state index contributed by atoms with van der Waals surface area (Å²) < 4.78 is 20.6. The van der Waals surface area contributed by atoms with Gasteiger partial charge in [0.2, 0.25) is 6.29 Å². The Kier molecular flexibility index (Phi) is 6.78. The van der Waals surface area contributed by atoms with Crippen LogP contribution in [0.15, 0.2) is 24.3 Å². The molecule has 9 nitrogen and oxygen atoms in total. The van der Waals surface area contributed by atoms with Crippen LogP contribution in [-0.4, -0.2) is 60.1 Å². The number of nitrogens with one attached hydrogen (secondary N) is 1. The number of carbonyl (C=O) groups is 2. The molecular weight excluding hydrogens is 346 g/mol. The Balaban J connectivity index is 1.95. The largest absolute Gasteiger partial charge is 0.462 e. The van der Waals surface area contributed by atoms with Gasteiger partial charge >= 0.3 is 12.1 Å². The molecule has 0 unspecified atom stereocenters. The SMILES string of the molecule is COC(=O)NCc1ccc(O[C@H]2O[C@H](C)[C@@H](OC(C)=O)[C@H](O)[C@H]2O)cc1. The smallest absolute Gasteiger partial charge is 0.407 e. The van der Waals surface area contributed by atoms with Gasteiger partial charge in [0.1, 0.15) is 18.0 Å². The van der Waals surface area contributed by atoms with Crippen LogP contribution >= 0.6 is 0 Å². The van der Waals surface area contributed by atoms with Crippen molar-refractivity contribution in [2.75, 3.05) is 7.11 Å². The lowest BCUT2D eigenvalue weighted by molar-refractivity contribution is -0.272. The highest BCUT2D eigenvalue weighted by molar-refractivity contribution is 5.67. The molecule has 1 aromatic carbocycles. The van der Waals surface area contributed by atoms with Gasteiger partial charge in [-0.1, -0.05) is 12.1 Å². The normalized spacial score (nSPS) is 28.1. The third kappa shape index (κ3) is 5.07. The summed E-state index contributed by atoms with van der Waals surface area (Å²) >= 11 is 0. The van der Waals surface area contributed by atoms with Gasteiger partial charge < -0.3 is 34.5 Å². The Bertz CT molecular complexity index is 620. The second-order valence-electron chi connectivity index (χ2n) is 5.87. The van der Waals surface area contributed by atoms with Crippen LogP contribution in [0.4, 0.5) is 4.79 Å². The third-order valence-electron chi connectivity index (χ3n) is 3.88. The van der Waals surface area contributed by atoms with Crippen LogP contribution in [0.5, 0.6) is 5.75 Å². The first-order valence-electron chi connectivity index (χ1n) is 8.08. The molecule has 1 saturated heterocycles. The molecule has 1 aromatic rings. The zero-order valence-corrected chi connectivity index (χ0v) is 14.7. The summed E-state index contributed by atoms with van der Waals surface area (Å²) in [4.78, 5) is 22.1. The van der Waals surface area contributed by atoms with Crippen molar-refractivity contribution in [3.05, 3.63) is 29.8 Å². The summed E-state index contributed by atoms with van der Waals surface area (Å²) in [6.07, 6.45) is -6.02. The zero-order chi connectivity index (χ0) is 19.3. The van der Waals surface area contributed by atoms with Gasteiger partial charge in [-0.05, 0) is 24.6 Å². The van der Waals surface area contributed by atoms with E-state index in [1.807, 2.05) is 0 Å². The Morgan fingerprint density at radius 1 is 1.19 bits per heavy atom. The maximum absolute atomic E-state index is 11.1. The highest BCUT2D eigenvalue weighted by atomic mass is 16.7. The first-order chi connectivity index (χ1) is 12.3. The molecule has 0 radical (unpaired) electrons. The summed E-state index contributed by atoms with van der Waals surface area (Å²) in [6, 6.07) is 6.73. The van der Waals surface area contributed by atoms with E-state index in [1.54, 1.807) is 31.2 Å². The first-order valence-corrected chi connectivity index (χ1v) is 8.08. The Morgan fingerprint density at radius 2 is 1.85 bits per heavy atom. The lowest BCUT2D eigenvalue weighted by Gasteiger charge is -2.40. The number of carbonyl (C=O) groups excluding carboxylic acids is 2. The quantitative estimate of drug-likeness (QED) is 0.634. The standard InChI is InChI=1S/C17H23NO8/c1-9-15(25-10(2)19)13(20)14(21)16(24-9)26-12-6-4-11(5-7-12)8-18-17(22)23-3/h4-7,9,13-16,20-21H,8H2,1-3H3,(H,18,22)/t9-,13-,14-,15-,16-/m1/s1. The van der Waals surface area contributed by atoms with Gasteiger partial charge in [0.25, 0.3) is 0 Å². The lowest BCUT2D eigenvalue weighted by Crippen LogP contribution is -2.59. The Morgan fingerprint density at radius 3 is 2.42 bits per heavy atom. The number of hydrogen-bond acceptors (Lipinski definition) is 8. The topological polar surface area (TPSA) is 124 Å². The summed E-state index contributed by atoms with van der Waals surface area (Å²) in [6.45, 7) is 3.11. The predicted molar refractivity (Wildman–Crippen MR) is 88.2 cm³/mol. The van der Waals surface area contributed by atoms with Crippen LogP contribution in [0.3, 0.4) is 0 Å². The number of aliphatic hydroxyl groups is 2. The van der Waals surface area contributed by atoms with Crippen LogP contribution in [-0.2, 0) is 25.5 Å². The number of methoxy groups -OCH3 is 1. The number of ether oxygens (including phenoxy) is 4. The highest BCUT2D eigenvalue weighted by Crippen LogP contribution is 2.26. The predicted octanol–water partition coefficient (Wildman–Crippen LogP) is 0.320. The molecule has 0 aromatic heterocycles. The minimum atomic E-state index is -1.39. The summed E-state index contributed by atoms with van der Waals surface area (Å²) in [7, 11) is 1.28. The van der Waals surface area contributed by atoms with E-state index in [4.69, 9.17) is 14.2 Å². The van der Waals surface area contributed by atoms with Gasteiger partial charge in [-0.15, -0.1) is 0 Å². The maximum atomic E-state index is 11.1. The number of benzene rings is 1. The molecule has 1 fully saturated rings. The van der Waals surface area contributed by atoms with Gasteiger partial charge in [0, 0.05) is 13.5 Å². The van der Waals surface area contributed by atoms with Crippen molar-refractivity contribution >= 4 is 12.1 Å². The summed E-state index contributed by atoms with van der Waals surface area (Å²) in [5.74, 6) is -0.173. The number of alkyl carbamates (subject to hydrolysis) is 1. The molecule has 26 heavy (non-hydrogen) atoms. The first kappa shape index (κ1) is 20.0. The van der Waals surface area contributed by atoms with Crippen molar-refractivity contribution in [3.63, 3.8) is 0 Å². The fourth-order valence-electron chi connectivity index (χ4n) is 2.52. The molecule has 2 rings (SSSR count). The van der Waals surface area contributed by atoms with E-state index in [-0.39, 0.29) is 6.54 Å². The average Bonchev–Trinajstić information content (AvgIpc) is 2.62. The second kappa shape index (κ2) is 8.84. The second-order valence-corrected chi connectivity index (χ2v) is 5.87. The van der Waals surface area contributed by atoms with Gasteiger partial charge in [-0.2, -0.15) is 0 Å². The fraction of sp³-hybridized carbons (Fsp3) is 0.529. The average molecular weight is 369 g/mol. The maximum Gasteiger partial charge on any atom is 0.407 e. The van der Waals surface area contributed by atoms with E-state index >= 15 is 0 Å². The van der Waals surface area contributed by atoms with Crippen LogP contribution in [0.1, 0.15) is 19.4 Å². The molecule has 0 spiro atoms. The molecular formula is C17H23NO8. The van der Waals surface area contributed by atoms with E-state index in [9.17, 15) is 19.8 Å². The Hall–Kier alpha value is -2.36. The van der Waals surface area contributed by atoms with E-state index in [0.717, 1.165) is 5.56 Å². The molecule has 5 atom stereocenters. The number of esters is 1. The molecule has 1 aliphatic heterocycles. The lowest BCUT2D eigenvalue weighted by atomic mass is 9.99. The van der Waals surface area contributed by atoms with Gasteiger partial charge in [-0.3, -0.25) is 4.79 Å². The van der Waals surface area contributed by atoms with Crippen LogP contribution < -0.4 is 10.1 Å². The van der Waals surface area contributed by atoms with Crippen LogP contribution in [0.25, 0.3) is 0 Å². The molecule has 1 heterocycles. The zero-order valence-electron chi connectivity index (χ0n) is 14.7. The number of amides is 1. The van der Waals surface area contributed by atoms with Crippen molar-refractivity contribution in [1.82, 2.24) is 5.32 Å². The molecule has 3 N–H and O–H groups in total. The molecule has 0 aliphatic carbocycles. The fourth-order valence-corrected chi connectivity index (χ4v) is 2.52. The molecule has 1 aliphatic rings. The summed E-state index contributed by atoms with van der Waals surface area (Å²) in [5, 5.41) is 22.9. The van der Waals surface area contributed by atoms with E-state index < -0.39 is 42.8 Å². The van der Waals surface area contributed by atoms with E-state index in [0.29, 0.717) is 5.75 Å². The van der Waals surface area contributed by atoms with Crippen molar-refractivity contribution in [2.24, 2.45) is 0 Å². The van der Waals surface area contributed by atoms with Gasteiger partial charge in [-0.25, -0.2) is 4.79 Å². The molecule has 1 amide bonds. The Labute approximate surface area is 150 Å². The molecule has 9 heteroatoms. The number of aliphatic hydroxyl groups excluding tert-OH is 2. The minimum Gasteiger partial charge on any atom is -0.462 e. The summed E-state index contributed by atoms with van der Waals surface area (Å²) in [5.41, 5.74) is 0.816. The van der Waals surface area contributed by atoms with Crippen LogP contribution in [0, 0.1) is 0 Å². The minimum absolute atomic E-state index is 0.287.